The van der Waals surface area contributed by atoms with E-state index in [9.17, 15) is 13.6 Å². The average molecular weight is 383 g/mol. The molecule has 1 aromatic rings. The number of alkyl halides is 2. The van der Waals surface area contributed by atoms with Crippen molar-refractivity contribution in [2.75, 3.05) is 44.8 Å². The van der Waals surface area contributed by atoms with Crippen molar-refractivity contribution in [2.24, 2.45) is 5.41 Å². The van der Waals surface area contributed by atoms with Gasteiger partial charge in [0.2, 0.25) is 5.91 Å². The first-order valence-corrected chi connectivity index (χ1v) is 9.33. The lowest BCUT2D eigenvalue weighted by Gasteiger charge is -2.36. The number of anilines is 1. The highest BCUT2D eigenvalue weighted by Gasteiger charge is 2.41. The Bertz CT molecular complexity index is 633. The number of hydrogen-bond donors (Lipinski definition) is 2. The van der Waals surface area contributed by atoms with Gasteiger partial charge in [-0.05, 0) is 44.5 Å². The van der Waals surface area contributed by atoms with Crippen LogP contribution in [0.5, 0.6) is 5.75 Å². The predicted octanol–water partition coefficient (Wildman–Crippen LogP) is 2.00. The van der Waals surface area contributed by atoms with Gasteiger partial charge in [-0.1, -0.05) is 12.1 Å². The number of benzene rings is 1. The van der Waals surface area contributed by atoms with Gasteiger partial charge in [-0.2, -0.15) is 8.78 Å². The standard InChI is InChI=1S/C19H27F2N3O3/c1-26-13-19(7-9-22-10-8-19)17(25)23-14-6-11-24(12-14)15-4-2-3-5-16(15)27-18(20)21/h2-5,14,18,22H,6-13H2,1H3,(H,23,25). The van der Waals surface area contributed by atoms with Gasteiger partial charge >= 0.3 is 6.61 Å². The summed E-state index contributed by atoms with van der Waals surface area (Å²) in [4.78, 5) is 14.9. The van der Waals surface area contributed by atoms with Crippen LogP contribution < -0.4 is 20.3 Å². The van der Waals surface area contributed by atoms with Gasteiger partial charge in [0.05, 0.1) is 17.7 Å². The summed E-state index contributed by atoms with van der Waals surface area (Å²) in [7, 11) is 1.62. The molecule has 2 aliphatic heterocycles. The van der Waals surface area contributed by atoms with Gasteiger partial charge in [0.15, 0.2) is 0 Å². The molecule has 27 heavy (non-hydrogen) atoms. The van der Waals surface area contributed by atoms with Crippen LogP contribution >= 0.6 is 0 Å². The third-order valence-corrected chi connectivity index (χ3v) is 5.41. The van der Waals surface area contributed by atoms with Crippen LogP contribution in [0.25, 0.3) is 0 Å². The Kier molecular flexibility index (Phi) is 6.49. The van der Waals surface area contributed by atoms with Crippen LogP contribution in [0.15, 0.2) is 24.3 Å². The minimum Gasteiger partial charge on any atom is -0.433 e. The van der Waals surface area contributed by atoms with E-state index in [0.29, 0.717) is 25.4 Å². The number of rotatable bonds is 7. The van der Waals surface area contributed by atoms with E-state index in [2.05, 4.69) is 15.4 Å². The summed E-state index contributed by atoms with van der Waals surface area (Å²) in [6, 6.07) is 6.74. The molecule has 1 amide bonds. The minimum absolute atomic E-state index is 0.0230. The lowest BCUT2D eigenvalue weighted by atomic mass is 9.78. The number of hydrogen-bond acceptors (Lipinski definition) is 5. The monoisotopic (exact) mass is 383 g/mol. The van der Waals surface area contributed by atoms with Crippen molar-refractivity contribution in [2.45, 2.75) is 31.9 Å². The smallest absolute Gasteiger partial charge is 0.387 e. The SMILES string of the molecule is COCC1(C(=O)NC2CCN(c3ccccc3OC(F)F)C2)CCNCC1. The average Bonchev–Trinajstić information content (AvgIpc) is 3.11. The first-order valence-electron chi connectivity index (χ1n) is 9.33. The summed E-state index contributed by atoms with van der Waals surface area (Å²) >= 11 is 0. The zero-order chi connectivity index (χ0) is 19.3. The molecular formula is C19H27F2N3O3. The lowest BCUT2D eigenvalue weighted by Crippen LogP contribution is -2.52. The van der Waals surface area contributed by atoms with E-state index in [1.165, 1.54) is 6.07 Å². The quantitative estimate of drug-likeness (QED) is 0.754. The van der Waals surface area contributed by atoms with Crippen LogP contribution in [0.1, 0.15) is 19.3 Å². The van der Waals surface area contributed by atoms with Gasteiger partial charge in [0.1, 0.15) is 5.75 Å². The Morgan fingerprint density at radius 1 is 1.37 bits per heavy atom. The zero-order valence-corrected chi connectivity index (χ0v) is 15.5. The van der Waals surface area contributed by atoms with E-state index < -0.39 is 12.0 Å². The first kappa shape index (κ1) is 19.8. The molecule has 6 nitrogen and oxygen atoms in total. The number of carbonyl (C=O) groups excluding carboxylic acids is 1. The molecule has 0 aromatic heterocycles. The number of halogens is 2. The number of carbonyl (C=O) groups is 1. The topological polar surface area (TPSA) is 62.8 Å². The molecule has 8 heteroatoms. The molecule has 0 radical (unpaired) electrons. The Morgan fingerprint density at radius 3 is 2.81 bits per heavy atom. The molecule has 2 saturated heterocycles. The fraction of sp³-hybridized carbons (Fsp3) is 0.632. The zero-order valence-electron chi connectivity index (χ0n) is 15.5. The molecule has 0 spiro atoms. The molecule has 2 heterocycles. The number of nitrogens with one attached hydrogen (secondary N) is 2. The van der Waals surface area contributed by atoms with Gasteiger partial charge in [-0.25, -0.2) is 0 Å². The Labute approximate surface area is 158 Å². The molecule has 0 bridgehead atoms. The van der Waals surface area contributed by atoms with E-state index in [0.717, 1.165) is 32.4 Å². The van der Waals surface area contributed by atoms with Crippen LogP contribution in [0.3, 0.4) is 0 Å². The van der Waals surface area contributed by atoms with E-state index in [1.807, 2.05) is 4.90 Å². The number of amides is 1. The molecule has 1 atom stereocenters. The number of para-hydroxylation sites is 2. The van der Waals surface area contributed by atoms with Gasteiger partial charge < -0.3 is 25.0 Å². The second-order valence-corrected chi connectivity index (χ2v) is 7.21. The van der Waals surface area contributed by atoms with Crippen molar-refractivity contribution >= 4 is 11.6 Å². The molecule has 0 aliphatic carbocycles. The van der Waals surface area contributed by atoms with Crippen molar-refractivity contribution in [3.05, 3.63) is 24.3 Å². The predicted molar refractivity (Wildman–Crippen MR) is 98.2 cm³/mol. The normalized spacial score (nSPS) is 22.1. The number of piperidine rings is 1. The fourth-order valence-electron chi connectivity index (χ4n) is 3.97. The molecule has 1 unspecified atom stereocenters. The highest BCUT2D eigenvalue weighted by Crippen LogP contribution is 2.33. The van der Waals surface area contributed by atoms with E-state index in [-0.39, 0.29) is 17.7 Å². The molecule has 3 rings (SSSR count). The fourth-order valence-corrected chi connectivity index (χ4v) is 3.97. The van der Waals surface area contributed by atoms with Gasteiger partial charge in [0, 0.05) is 26.2 Å². The molecule has 0 saturated carbocycles. The summed E-state index contributed by atoms with van der Waals surface area (Å²) < 4.78 is 35.2. The van der Waals surface area contributed by atoms with Crippen molar-refractivity contribution in [3.63, 3.8) is 0 Å². The van der Waals surface area contributed by atoms with Crippen molar-refractivity contribution < 1.29 is 23.0 Å². The minimum atomic E-state index is -2.86. The Hall–Kier alpha value is -1.93. The highest BCUT2D eigenvalue weighted by atomic mass is 19.3. The van der Waals surface area contributed by atoms with Crippen LogP contribution in [-0.2, 0) is 9.53 Å². The maximum Gasteiger partial charge on any atom is 0.387 e. The van der Waals surface area contributed by atoms with Gasteiger partial charge in [-0.15, -0.1) is 0 Å². The third-order valence-electron chi connectivity index (χ3n) is 5.41. The Morgan fingerprint density at radius 2 is 2.11 bits per heavy atom. The molecule has 2 fully saturated rings. The largest absolute Gasteiger partial charge is 0.433 e. The molecule has 150 valence electrons. The van der Waals surface area contributed by atoms with E-state index in [4.69, 9.17) is 4.74 Å². The van der Waals surface area contributed by atoms with Crippen molar-refractivity contribution in [1.82, 2.24) is 10.6 Å². The maximum absolute atomic E-state index is 13.0. The number of methoxy groups -OCH3 is 1. The third kappa shape index (κ3) is 4.68. The van der Waals surface area contributed by atoms with E-state index in [1.54, 1.807) is 25.3 Å². The molecule has 2 aliphatic rings. The summed E-state index contributed by atoms with van der Waals surface area (Å²) in [5.41, 5.74) is 0.132. The summed E-state index contributed by atoms with van der Waals surface area (Å²) in [5, 5.41) is 6.43. The lowest BCUT2D eigenvalue weighted by molar-refractivity contribution is -0.136. The van der Waals surface area contributed by atoms with Crippen LogP contribution in [-0.4, -0.2) is 58.5 Å². The second-order valence-electron chi connectivity index (χ2n) is 7.21. The van der Waals surface area contributed by atoms with E-state index >= 15 is 0 Å². The Balaban J connectivity index is 1.64. The van der Waals surface area contributed by atoms with Gasteiger partial charge in [-0.3, -0.25) is 4.79 Å². The highest BCUT2D eigenvalue weighted by molar-refractivity contribution is 5.83. The molecule has 2 N–H and O–H groups in total. The van der Waals surface area contributed by atoms with Gasteiger partial charge in [0.25, 0.3) is 0 Å². The van der Waals surface area contributed by atoms with Crippen LogP contribution in [0, 0.1) is 5.41 Å². The molecular weight excluding hydrogens is 356 g/mol. The second kappa shape index (κ2) is 8.84. The number of ether oxygens (including phenoxy) is 2. The van der Waals surface area contributed by atoms with Crippen molar-refractivity contribution in [1.29, 1.82) is 0 Å². The summed E-state index contributed by atoms with van der Waals surface area (Å²) in [6.45, 7) is 0.377. The van der Waals surface area contributed by atoms with Crippen molar-refractivity contribution in [3.8, 4) is 5.75 Å². The first-order chi connectivity index (χ1) is 13.0. The molecule has 1 aromatic carbocycles. The van der Waals surface area contributed by atoms with Crippen LogP contribution in [0.4, 0.5) is 14.5 Å². The van der Waals surface area contributed by atoms with Crippen LogP contribution in [0.2, 0.25) is 0 Å². The number of nitrogens with zero attached hydrogens (tertiary/aromatic N) is 1. The summed E-state index contributed by atoms with van der Waals surface area (Å²) in [6.07, 6.45) is 2.25. The maximum atomic E-state index is 13.0. The summed E-state index contributed by atoms with van der Waals surface area (Å²) in [5.74, 6) is 0.184.